The molecule has 3 nitrogen and oxygen atoms in total. The van der Waals surface area contributed by atoms with Crippen LogP contribution in [0.1, 0.15) is 32.6 Å². The molecule has 1 aromatic carbocycles. The smallest absolute Gasteiger partial charge is 0.193 e. The van der Waals surface area contributed by atoms with Crippen molar-refractivity contribution < 1.29 is 9.53 Å². The van der Waals surface area contributed by atoms with Crippen molar-refractivity contribution in [3.05, 3.63) is 33.9 Å². The van der Waals surface area contributed by atoms with Crippen molar-refractivity contribution in [2.24, 2.45) is 0 Å². The highest BCUT2D eigenvalue weighted by Crippen LogP contribution is 2.23. The number of carbonyl (C=O) groups is 1. The van der Waals surface area contributed by atoms with Crippen LogP contribution in [0, 0.1) is 27.7 Å². The molecule has 98 valence electrons. The lowest BCUT2D eigenvalue weighted by atomic mass is 9.90. The third kappa shape index (κ3) is 2.33. The molecule has 3 heteroatoms. The van der Waals surface area contributed by atoms with E-state index in [1.54, 1.807) is 0 Å². The monoisotopic (exact) mass is 247 g/mol. The first kappa shape index (κ1) is 13.2. The molecule has 1 aliphatic rings. The maximum atomic E-state index is 12.6. The van der Waals surface area contributed by atoms with Gasteiger partial charge in [0.2, 0.25) is 0 Å². The minimum atomic E-state index is -0.336. The van der Waals surface area contributed by atoms with Crippen LogP contribution in [0.4, 0.5) is 0 Å². The Balaban J connectivity index is 2.40. The summed E-state index contributed by atoms with van der Waals surface area (Å²) in [5.41, 5.74) is 5.35. The summed E-state index contributed by atoms with van der Waals surface area (Å²) in [6.07, 6.45) is -0.336. The summed E-state index contributed by atoms with van der Waals surface area (Å²) >= 11 is 0. The number of Topliss-reactive ketones (excluding diaryl/α,β-unsaturated/α-hetero) is 1. The number of aryl methyl sites for hydroxylation is 2. The summed E-state index contributed by atoms with van der Waals surface area (Å²) in [6.45, 7) is 10.2. The van der Waals surface area contributed by atoms with Crippen molar-refractivity contribution in [1.82, 2.24) is 5.32 Å². The van der Waals surface area contributed by atoms with Crippen LogP contribution < -0.4 is 5.32 Å². The van der Waals surface area contributed by atoms with Gasteiger partial charge in [-0.3, -0.25) is 4.79 Å². The van der Waals surface area contributed by atoms with Gasteiger partial charge in [0.25, 0.3) is 0 Å². The predicted molar refractivity (Wildman–Crippen MR) is 72.3 cm³/mol. The molecule has 18 heavy (non-hydrogen) atoms. The standard InChI is InChI=1S/C15H21NO2/c1-9-7-10(2)12(4)14(11(9)3)15(17)13-8-16-5-6-18-13/h7,13,16H,5-6,8H2,1-4H3. The van der Waals surface area contributed by atoms with E-state index in [-0.39, 0.29) is 11.9 Å². The summed E-state index contributed by atoms with van der Waals surface area (Å²) in [6, 6.07) is 2.14. The SMILES string of the molecule is Cc1cc(C)c(C)c(C(=O)C2CNCCO2)c1C. The van der Waals surface area contributed by atoms with Crippen LogP contribution in [-0.2, 0) is 4.74 Å². The van der Waals surface area contributed by atoms with E-state index in [1.807, 2.05) is 13.8 Å². The molecule has 0 aromatic heterocycles. The zero-order valence-corrected chi connectivity index (χ0v) is 11.6. The van der Waals surface area contributed by atoms with Crippen LogP contribution in [0.2, 0.25) is 0 Å². The second-order valence-electron chi connectivity index (χ2n) is 5.06. The van der Waals surface area contributed by atoms with Gasteiger partial charge in [0.15, 0.2) is 5.78 Å². The molecule has 2 rings (SSSR count). The van der Waals surface area contributed by atoms with E-state index in [0.717, 1.165) is 23.2 Å². The zero-order chi connectivity index (χ0) is 13.3. The van der Waals surface area contributed by atoms with Crippen LogP contribution in [0.25, 0.3) is 0 Å². The summed E-state index contributed by atoms with van der Waals surface area (Å²) in [5.74, 6) is 0.115. The van der Waals surface area contributed by atoms with Crippen molar-refractivity contribution in [2.75, 3.05) is 19.7 Å². The Labute approximate surface area is 109 Å². The van der Waals surface area contributed by atoms with Gasteiger partial charge < -0.3 is 10.1 Å². The molecule has 1 saturated heterocycles. The van der Waals surface area contributed by atoms with E-state index in [9.17, 15) is 4.79 Å². The maximum absolute atomic E-state index is 12.6. The lowest BCUT2D eigenvalue weighted by molar-refractivity contribution is 0.0268. The van der Waals surface area contributed by atoms with Crippen molar-refractivity contribution in [2.45, 2.75) is 33.8 Å². The molecule has 1 heterocycles. The molecule has 1 aliphatic heterocycles. The molecule has 1 N–H and O–H groups in total. The topological polar surface area (TPSA) is 38.3 Å². The number of hydrogen-bond donors (Lipinski definition) is 1. The van der Waals surface area contributed by atoms with Gasteiger partial charge in [0.05, 0.1) is 6.61 Å². The summed E-state index contributed by atoms with van der Waals surface area (Å²) in [4.78, 5) is 12.6. The van der Waals surface area contributed by atoms with Crippen molar-refractivity contribution >= 4 is 5.78 Å². The molecule has 1 atom stereocenters. The highest BCUT2D eigenvalue weighted by molar-refractivity contribution is 6.02. The van der Waals surface area contributed by atoms with E-state index in [1.165, 1.54) is 11.1 Å². The first-order valence-electron chi connectivity index (χ1n) is 6.46. The zero-order valence-electron chi connectivity index (χ0n) is 11.6. The summed E-state index contributed by atoms with van der Waals surface area (Å²) < 4.78 is 5.57. The van der Waals surface area contributed by atoms with Gasteiger partial charge in [0.1, 0.15) is 6.10 Å². The molecule has 1 aromatic rings. The van der Waals surface area contributed by atoms with E-state index >= 15 is 0 Å². The average Bonchev–Trinajstić information content (AvgIpc) is 2.37. The highest BCUT2D eigenvalue weighted by atomic mass is 16.5. The van der Waals surface area contributed by atoms with Crippen molar-refractivity contribution in [3.8, 4) is 0 Å². The number of hydrogen-bond acceptors (Lipinski definition) is 3. The number of morpholine rings is 1. The Hall–Kier alpha value is -1.19. The number of benzene rings is 1. The molecule has 0 aliphatic carbocycles. The minimum Gasteiger partial charge on any atom is -0.367 e. The highest BCUT2D eigenvalue weighted by Gasteiger charge is 2.26. The van der Waals surface area contributed by atoms with Crippen LogP contribution in [0.5, 0.6) is 0 Å². The fraction of sp³-hybridized carbons (Fsp3) is 0.533. The molecule has 0 saturated carbocycles. The summed E-state index contributed by atoms with van der Waals surface area (Å²) in [5, 5.41) is 3.21. The first-order chi connectivity index (χ1) is 8.52. The van der Waals surface area contributed by atoms with Gasteiger partial charge in [-0.2, -0.15) is 0 Å². The van der Waals surface area contributed by atoms with Gasteiger partial charge in [-0.25, -0.2) is 0 Å². The largest absolute Gasteiger partial charge is 0.367 e. The normalized spacial score (nSPS) is 19.9. The van der Waals surface area contributed by atoms with Gasteiger partial charge in [-0.15, -0.1) is 0 Å². The van der Waals surface area contributed by atoms with Gasteiger partial charge in [-0.1, -0.05) is 6.07 Å². The minimum absolute atomic E-state index is 0.115. The molecule has 0 radical (unpaired) electrons. The quantitative estimate of drug-likeness (QED) is 0.813. The Morgan fingerprint density at radius 1 is 1.22 bits per heavy atom. The fourth-order valence-electron chi connectivity index (χ4n) is 2.48. The Bertz CT molecular complexity index is 448. The molecular formula is C15H21NO2. The molecule has 1 unspecified atom stereocenters. The Morgan fingerprint density at radius 2 is 1.83 bits per heavy atom. The van der Waals surface area contributed by atoms with Crippen LogP contribution in [0.3, 0.4) is 0 Å². The maximum Gasteiger partial charge on any atom is 0.193 e. The van der Waals surface area contributed by atoms with Crippen molar-refractivity contribution in [3.63, 3.8) is 0 Å². The second-order valence-corrected chi connectivity index (χ2v) is 5.06. The molecule has 0 bridgehead atoms. The van der Waals surface area contributed by atoms with Crippen LogP contribution >= 0.6 is 0 Å². The Kier molecular flexibility index (Phi) is 3.83. The fourth-order valence-corrected chi connectivity index (χ4v) is 2.48. The third-order valence-corrected chi connectivity index (χ3v) is 3.83. The van der Waals surface area contributed by atoms with E-state index in [2.05, 4.69) is 25.2 Å². The lowest BCUT2D eigenvalue weighted by Crippen LogP contribution is -2.43. The van der Waals surface area contributed by atoms with Gasteiger partial charge in [-0.05, 0) is 49.9 Å². The number of ether oxygens (including phenoxy) is 1. The van der Waals surface area contributed by atoms with E-state index < -0.39 is 0 Å². The van der Waals surface area contributed by atoms with Crippen molar-refractivity contribution in [1.29, 1.82) is 0 Å². The number of nitrogens with one attached hydrogen (secondary N) is 1. The molecule has 1 fully saturated rings. The number of ketones is 1. The first-order valence-corrected chi connectivity index (χ1v) is 6.46. The summed E-state index contributed by atoms with van der Waals surface area (Å²) in [7, 11) is 0. The molecule has 0 amide bonds. The van der Waals surface area contributed by atoms with Gasteiger partial charge >= 0.3 is 0 Å². The number of carbonyl (C=O) groups excluding carboxylic acids is 1. The van der Waals surface area contributed by atoms with E-state index in [0.29, 0.717) is 13.2 Å². The van der Waals surface area contributed by atoms with Crippen LogP contribution in [0.15, 0.2) is 6.07 Å². The Morgan fingerprint density at radius 3 is 2.33 bits per heavy atom. The third-order valence-electron chi connectivity index (χ3n) is 3.83. The second kappa shape index (κ2) is 5.21. The predicted octanol–water partition coefficient (Wildman–Crippen LogP) is 2.09. The van der Waals surface area contributed by atoms with Crippen LogP contribution in [-0.4, -0.2) is 31.6 Å². The van der Waals surface area contributed by atoms with Gasteiger partial charge in [0, 0.05) is 18.7 Å². The average molecular weight is 247 g/mol. The van der Waals surface area contributed by atoms with E-state index in [4.69, 9.17) is 4.74 Å². The molecular weight excluding hydrogens is 226 g/mol. The lowest BCUT2D eigenvalue weighted by Gasteiger charge is -2.24. The number of rotatable bonds is 2. The molecule has 0 spiro atoms.